The number of nitrogen functional groups attached to an aromatic ring is 1. The van der Waals surface area contributed by atoms with Crippen molar-refractivity contribution in [2.24, 2.45) is 5.84 Å². The van der Waals surface area contributed by atoms with E-state index in [-0.39, 0.29) is 13.2 Å². The number of thiophene rings is 1. The molecule has 0 saturated heterocycles. The van der Waals surface area contributed by atoms with Crippen LogP contribution in [0.5, 0.6) is 5.75 Å². The zero-order valence-corrected chi connectivity index (χ0v) is 11.9. The first-order chi connectivity index (χ1) is 10.3. The molecule has 0 aliphatic heterocycles. The predicted octanol–water partition coefficient (Wildman–Crippen LogP) is 2.05. The predicted molar refractivity (Wildman–Crippen MR) is 81.9 cm³/mol. The molecule has 3 aromatic rings. The standard InChI is InChI=1S/C14H14N4O2S/c15-18-13-10-5-6-21-14(10)17-12(16-13)8-20-11-4-2-1-3-9(11)7-19/h1-6,19H,7-8,15H2,(H,16,17,18). The summed E-state index contributed by atoms with van der Waals surface area (Å²) >= 11 is 1.52. The van der Waals surface area contributed by atoms with Crippen LogP contribution in [0.3, 0.4) is 0 Å². The SMILES string of the molecule is NNc1nc(COc2ccccc2CO)nc2sccc12. The minimum atomic E-state index is -0.0728. The van der Waals surface area contributed by atoms with Crippen molar-refractivity contribution in [2.75, 3.05) is 5.43 Å². The molecule has 2 aromatic heterocycles. The Kier molecular flexibility index (Phi) is 3.96. The van der Waals surface area contributed by atoms with Crippen molar-refractivity contribution in [1.29, 1.82) is 0 Å². The van der Waals surface area contributed by atoms with Crippen molar-refractivity contribution >= 4 is 27.4 Å². The van der Waals surface area contributed by atoms with Gasteiger partial charge in [0.05, 0.1) is 12.0 Å². The number of hydrazine groups is 1. The van der Waals surface area contributed by atoms with Gasteiger partial charge in [0.25, 0.3) is 0 Å². The van der Waals surface area contributed by atoms with Gasteiger partial charge in [-0.25, -0.2) is 15.8 Å². The highest BCUT2D eigenvalue weighted by Crippen LogP contribution is 2.25. The monoisotopic (exact) mass is 302 g/mol. The molecular weight excluding hydrogens is 288 g/mol. The first kappa shape index (κ1) is 13.7. The number of benzene rings is 1. The molecular formula is C14H14N4O2S. The van der Waals surface area contributed by atoms with Gasteiger partial charge in [0.15, 0.2) is 11.6 Å². The number of nitrogens with zero attached hydrogens (tertiary/aromatic N) is 2. The number of hydrogen-bond acceptors (Lipinski definition) is 7. The van der Waals surface area contributed by atoms with Crippen molar-refractivity contribution in [1.82, 2.24) is 9.97 Å². The molecule has 0 radical (unpaired) electrons. The minimum absolute atomic E-state index is 0.0728. The maximum atomic E-state index is 9.28. The summed E-state index contributed by atoms with van der Waals surface area (Å²) in [5.41, 5.74) is 3.31. The van der Waals surface area contributed by atoms with E-state index in [0.29, 0.717) is 17.4 Å². The second-order valence-corrected chi connectivity index (χ2v) is 5.22. The second-order valence-electron chi connectivity index (χ2n) is 4.33. The number of aliphatic hydroxyl groups excluding tert-OH is 1. The summed E-state index contributed by atoms with van der Waals surface area (Å²) in [4.78, 5) is 9.63. The number of nitrogens with one attached hydrogen (secondary N) is 1. The Bertz CT molecular complexity index is 760. The Balaban J connectivity index is 1.85. The maximum Gasteiger partial charge on any atom is 0.169 e. The largest absolute Gasteiger partial charge is 0.485 e. The maximum absolute atomic E-state index is 9.28. The summed E-state index contributed by atoms with van der Waals surface area (Å²) in [6.45, 7) is 0.135. The summed E-state index contributed by atoms with van der Waals surface area (Å²) in [5.74, 6) is 7.22. The van der Waals surface area contributed by atoms with Gasteiger partial charge in [-0.3, -0.25) is 0 Å². The molecule has 0 spiro atoms. The van der Waals surface area contributed by atoms with Crippen LogP contribution >= 0.6 is 11.3 Å². The van der Waals surface area contributed by atoms with Crippen molar-refractivity contribution in [3.8, 4) is 5.75 Å². The highest BCUT2D eigenvalue weighted by molar-refractivity contribution is 7.16. The first-order valence-corrected chi connectivity index (χ1v) is 7.22. The van der Waals surface area contributed by atoms with E-state index < -0.39 is 0 Å². The smallest absolute Gasteiger partial charge is 0.169 e. The third kappa shape index (κ3) is 2.80. The van der Waals surface area contributed by atoms with Gasteiger partial charge in [0, 0.05) is 5.56 Å². The van der Waals surface area contributed by atoms with Gasteiger partial charge in [-0.1, -0.05) is 18.2 Å². The zero-order valence-electron chi connectivity index (χ0n) is 11.1. The third-order valence-electron chi connectivity index (χ3n) is 3.01. The summed E-state index contributed by atoms with van der Waals surface area (Å²) in [5, 5.41) is 12.1. The van der Waals surface area contributed by atoms with Crippen LogP contribution in [0, 0.1) is 0 Å². The fourth-order valence-corrected chi connectivity index (χ4v) is 2.77. The number of para-hydroxylation sites is 1. The van der Waals surface area contributed by atoms with Crippen molar-refractivity contribution < 1.29 is 9.84 Å². The number of aromatic nitrogens is 2. The Hall–Kier alpha value is -2.22. The van der Waals surface area contributed by atoms with Gasteiger partial charge < -0.3 is 15.3 Å². The number of anilines is 1. The lowest BCUT2D eigenvalue weighted by atomic mass is 10.2. The van der Waals surface area contributed by atoms with Gasteiger partial charge in [0.2, 0.25) is 0 Å². The van der Waals surface area contributed by atoms with Gasteiger partial charge in [-0.2, -0.15) is 0 Å². The molecule has 108 valence electrons. The van der Waals surface area contributed by atoms with Crippen molar-refractivity contribution in [3.63, 3.8) is 0 Å². The van der Waals surface area contributed by atoms with Crippen LogP contribution in [0.2, 0.25) is 0 Å². The first-order valence-electron chi connectivity index (χ1n) is 6.34. The molecule has 0 aliphatic rings. The summed E-state index contributed by atoms with van der Waals surface area (Å²) < 4.78 is 5.69. The topological polar surface area (TPSA) is 93.3 Å². The molecule has 0 aliphatic carbocycles. The number of ether oxygens (including phenoxy) is 1. The molecule has 0 unspecified atom stereocenters. The van der Waals surface area contributed by atoms with Crippen molar-refractivity contribution in [3.05, 3.63) is 47.1 Å². The van der Waals surface area contributed by atoms with Crippen LogP contribution in [0.15, 0.2) is 35.7 Å². The second kappa shape index (κ2) is 6.04. The molecule has 3 rings (SSSR count). The van der Waals surface area contributed by atoms with Crippen LogP contribution in [0.25, 0.3) is 10.2 Å². The molecule has 21 heavy (non-hydrogen) atoms. The molecule has 0 bridgehead atoms. The number of hydrogen-bond donors (Lipinski definition) is 3. The van der Waals surface area contributed by atoms with Crippen LogP contribution in [-0.4, -0.2) is 15.1 Å². The molecule has 7 heteroatoms. The van der Waals surface area contributed by atoms with Crippen molar-refractivity contribution in [2.45, 2.75) is 13.2 Å². The van der Waals surface area contributed by atoms with Crippen LogP contribution in [-0.2, 0) is 13.2 Å². The Labute approximate surface area is 125 Å². The zero-order chi connectivity index (χ0) is 14.7. The van der Waals surface area contributed by atoms with E-state index in [2.05, 4.69) is 15.4 Å². The van der Waals surface area contributed by atoms with Gasteiger partial charge in [-0.05, 0) is 17.5 Å². The van der Waals surface area contributed by atoms with E-state index >= 15 is 0 Å². The van der Waals surface area contributed by atoms with Gasteiger partial charge in [0.1, 0.15) is 17.2 Å². The summed E-state index contributed by atoms with van der Waals surface area (Å²) in [6, 6.07) is 9.23. The number of aliphatic hydroxyl groups is 1. The molecule has 2 heterocycles. The fourth-order valence-electron chi connectivity index (χ4n) is 1.99. The highest BCUT2D eigenvalue weighted by atomic mass is 32.1. The molecule has 0 atom stereocenters. The molecule has 0 amide bonds. The highest BCUT2D eigenvalue weighted by Gasteiger charge is 2.09. The number of fused-ring (bicyclic) bond motifs is 1. The van der Waals surface area contributed by atoms with Gasteiger partial charge >= 0.3 is 0 Å². The Morgan fingerprint density at radius 3 is 2.90 bits per heavy atom. The third-order valence-corrected chi connectivity index (χ3v) is 3.81. The average molecular weight is 302 g/mol. The van der Waals surface area contributed by atoms with Crippen LogP contribution < -0.4 is 16.0 Å². The van der Waals surface area contributed by atoms with E-state index in [1.54, 1.807) is 6.07 Å². The lowest BCUT2D eigenvalue weighted by Gasteiger charge is -2.10. The molecule has 0 saturated carbocycles. The molecule has 4 N–H and O–H groups in total. The summed E-state index contributed by atoms with van der Waals surface area (Å²) in [7, 11) is 0. The van der Waals surface area contributed by atoms with E-state index in [9.17, 15) is 5.11 Å². The van der Waals surface area contributed by atoms with Gasteiger partial charge in [-0.15, -0.1) is 11.3 Å². The Morgan fingerprint density at radius 1 is 1.24 bits per heavy atom. The van der Waals surface area contributed by atoms with E-state index in [4.69, 9.17) is 10.6 Å². The molecule has 1 aromatic carbocycles. The van der Waals surface area contributed by atoms with Crippen LogP contribution in [0.1, 0.15) is 11.4 Å². The minimum Gasteiger partial charge on any atom is -0.485 e. The lowest BCUT2D eigenvalue weighted by Crippen LogP contribution is -2.11. The average Bonchev–Trinajstić information content (AvgIpc) is 3.00. The van der Waals surface area contributed by atoms with E-state index in [1.807, 2.05) is 29.6 Å². The molecule has 6 nitrogen and oxygen atoms in total. The quantitative estimate of drug-likeness (QED) is 0.493. The van der Waals surface area contributed by atoms with E-state index in [1.165, 1.54) is 11.3 Å². The summed E-state index contributed by atoms with van der Waals surface area (Å²) in [6.07, 6.45) is 0. The Morgan fingerprint density at radius 2 is 2.10 bits per heavy atom. The van der Waals surface area contributed by atoms with E-state index in [0.717, 1.165) is 15.8 Å². The lowest BCUT2D eigenvalue weighted by molar-refractivity contribution is 0.256. The molecule has 0 fully saturated rings. The fraction of sp³-hybridized carbons (Fsp3) is 0.143. The number of rotatable bonds is 5. The normalized spacial score (nSPS) is 10.8. The number of nitrogens with two attached hydrogens (primary N) is 1. The van der Waals surface area contributed by atoms with Crippen LogP contribution in [0.4, 0.5) is 5.82 Å².